The first-order valence-electron chi connectivity index (χ1n) is 8.12. The van der Waals surface area contributed by atoms with Gasteiger partial charge in [0.25, 0.3) is 0 Å². The van der Waals surface area contributed by atoms with Crippen LogP contribution in [-0.4, -0.2) is 31.6 Å². The van der Waals surface area contributed by atoms with Gasteiger partial charge in [0.1, 0.15) is 12.5 Å². The third-order valence-corrected chi connectivity index (χ3v) is 3.39. The molecule has 0 spiro atoms. The second kappa shape index (κ2) is 11.0. The molecule has 25 heavy (non-hydrogen) atoms. The second-order valence-corrected chi connectivity index (χ2v) is 5.40. The van der Waals surface area contributed by atoms with Crippen LogP contribution in [-0.2, 0) is 14.3 Å². The van der Waals surface area contributed by atoms with E-state index in [1.54, 1.807) is 6.07 Å². The molecule has 0 bridgehead atoms. The Morgan fingerprint density at radius 1 is 1.16 bits per heavy atom. The van der Waals surface area contributed by atoms with Gasteiger partial charge in [-0.15, -0.1) is 0 Å². The first-order valence-corrected chi connectivity index (χ1v) is 8.12. The molecule has 2 unspecified atom stereocenters. The predicted molar refractivity (Wildman–Crippen MR) is 94.5 cm³/mol. The third-order valence-electron chi connectivity index (χ3n) is 3.39. The molecule has 0 aliphatic heterocycles. The van der Waals surface area contributed by atoms with Crippen LogP contribution < -0.4 is 10.2 Å². The number of carbonyl (C=O) groups excluding carboxylic acids is 1. The lowest BCUT2D eigenvalue weighted by atomic mass is 10.2. The molecule has 1 N–H and O–H groups in total. The predicted octanol–water partition coefficient (Wildman–Crippen LogP) is 3.00. The van der Waals surface area contributed by atoms with Crippen molar-refractivity contribution in [1.29, 1.82) is 10.5 Å². The van der Waals surface area contributed by atoms with E-state index < -0.39 is 0 Å². The van der Waals surface area contributed by atoms with Gasteiger partial charge in [-0.05, 0) is 32.0 Å². The number of hydrogen-bond acceptors (Lipinski definition) is 6. The van der Waals surface area contributed by atoms with Gasteiger partial charge in [-0.25, -0.2) is 0 Å². The molecule has 0 aliphatic carbocycles. The Balaban J connectivity index is 2.98. The fourth-order valence-electron chi connectivity index (χ4n) is 2.37. The van der Waals surface area contributed by atoms with Gasteiger partial charge in [0.05, 0.1) is 38.2 Å². The van der Waals surface area contributed by atoms with Gasteiger partial charge in [0.15, 0.2) is 0 Å². The topological polar surface area (TPSA) is 98.4 Å². The second-order valence-electron chi connectivity index (χ2n) is 5.40. The summed E-state index contributed by atoms with van der Waals surface area (Å²) in [5.41, 5.74) is 1.48. The first kappa shape index (κ1) is 20.4. The van der Waals surface area contributed by atoms with Crippen molar-refractivity contribution in [3.63, 3.8) is 0 Å². The van der Waals surface area contributed by atoms with E-state index in [1.165, 1.54) is 6.92 Å². The van der Waals surface area contributed by atoms with Gasteiger partial charge >= 0.3 is 0 Å². The van der Waals surface area contributed by atoms with Gasteiger partial charge in [0.2, 0.25) is 5.91 Å². The van der Waals surface area contributed by atoms with Crippen LogP contribution in [0.15, 0.2) is 24.3 Å². The van der Waals surface area contributed by atoms with Crippen molar-refractivity contribution in [2.75, 3.05) is 23.4 Å². The number of hydrogen-bond donors (Lipinski definition) is 1. The minimum Gasteiger partial charge on any atom is -0.358 e. The number of carbonyl (C=O) groups is 1. The molecule has 0 saturated carbocycles. The van der Waals surface area contributed by atoms with Crippen LogP contribution in [0.25, 0.3) is 0 Å². The molecule has 0 aromatic heterocycles. The third kappa shape index (κ3) is 7.21. The Kier molecular flexibility index (Phi) is 9.02. The number of benzene rings is 1. The Labute approximate surface area is 148 Å². The highest BCUT2D eigenvalue weighted by atomic mass is 16.5. The summed E-state index contributed by atoms with van der Waals surface area (Å²) in [5.74, 6) is -0.152. The number of nitrogens with one attached hydrogen (secondary N) is 1. The maximum atomic E-state index is 11.3. The standard InChI is InChI=1S/C18H24N4O3/c1-14(23)21-17-7-4-8-18(13-17)22(15(2)24-11-5-9-19)16(3)25-12-6-10-20/h4,7-8,13,15-16H,5-6,11-12H2,1-3H3,(H,21,23). The van der Waals surface area contributed by atoms with Crippen molar-refractivity contribution < 1.29 is 14.3 Å². The van der Waals surface area contributed by atoms with E-state index in [4.69, 9.17) is 20.0 Å². The molecule has 134 valence electrons. The summed E-state index contributed by atoms with van der Waals surface area (Å²) >= 11 is 0. The average Bonchev–Trinajstić information content (AvgIpc) is 2.55. The number of anilines is 2. The maximum Gasteiger partial charge on any atom is 0.221 e. The van der Waals surface area contributed by atoms with Crippen molar-refractivity contribution in [1.82, 2.24) is 0 Å². The van der Waals surface area contributed by atoms with Crippen LogP contribution in [0.1, 0.15) is 33.6 Å². The van der Waals surface area contributed by atoms with Gasteiger partial charge in [-0.1, -0.05) is 6.07 Å². The fraction of sp³-hybridized carbons (Fsp3) is 0.500. The van der Waals surface area contributed by atoms with Crippen molar-refractivity contribution in [2.24, 2.45) is 0 Å². The average molecular weight is 344 g/mol. The SMILES string of the molecule is CC(=O)Nc1cccc(N(C(C)OCCC#N)C(C)OCCC#N)c1. The molecular formula is C18H24N4O3. The van der Waals surface area contributed by atoms with Crippen molar-refractivity contribution in [3.05, 3.63) is 24.3 Å². The molecule has 0 radical (unpaired) electrons. The summed E-state index contributed by atoms with van der Waals surface area (Å²) in [4.78, 5) is 13.2. The largest absolute Gasteiger partial charge is 0.358 e. The Hall–Kier alpha value is -2.61. The molecule has 1 amide bonds. The van der Waals surface area contributed by atoms with Crippen molar-refractivity contribution in [2.45, 2.75) is 46.1 Å². The lowest BCUT2D eigenvalue weighted by molar-refractivity contribution is -0.114. The highest BCUT2D eigenvalue weighted by Crippen LogP contribution is 2.25. The smallest absolute Gasteiger partial charge is 0.221 e. The van der Waals surface area contributed by atoms with Crippen LogP contribution in [0.5, 0.6) is 0 Å². The minimum absolute atomic E-state index is 0.152. The van der Waals surface area contributed by atoms with Crippen LogP contribution in [0.2, 0.25) is 0 Å². The van der Waals surface area contributed by atoms with E-state index in [0.29, 0.717) is 31.7 Å². The molecule has 0 aliphatic rings. The Morgan fingerprint density at radius 2 is 1.72 bits per heavy atom. The zero-order valence-electron chi connectivity index (χ0n) is 14.9. The highest BCUT2D eigenvalue weighted by Gasteiger charge is 2.22. The number of amides is 1. The van der Waals surface area contributed by atoms with E-state index in [0.717, 1.165) is 5.69 Å². The number of nitriles is 2. The summed E-state index contributed by atoms with van der Waals surface area (Å²) in [6.45, 7) is 5.81. The maximum absolute atomic E-state index is 11.3. The fourth-order valence-corrected chi connectivity index (χ4v) is 2.37. The van der Waals surface area contributed by atoms with Crippen molar-refractivity contribution >= 4 is 17.3 Å². The van der Waals surface area contributed by atoms with Crippen LogP contribution in [0.4, 0.5) is 11.4 Å². The number of ether oxygens (including phenoxy) is 2. The van der Waals surface area contributed by atoms with Gasteiger partial charge < -0.3 is 19.7 Å². The summed E-state index contributed by atoms with van der Waals surface area (Å²) < 4.78 is 11.4. The Morgan fingerprint density at radius 3 is 2.20 bits per heavy atom. The zero-order valence-corrected chi connectivity index (χ0v) is 14.9. The molecule has 2 atom stereocenters. The number of rotatable bonds is 10. The van der Waals surface area contributed by atoms with E-state index in [2.05, 4.69) is 5.32 Å². The molecule has 1 aromatic rings. The Bertz CT molecular complexity index is 610. The molecule has 1 rings (SSSR count). The molecule has 7 heteroatoms. The first-order chi connectivity index (χ1) is 12.0. The molecule has 1 aromatic carbocycles. The lowest BCUT2D eigenvalue weighted by Gasteiger charge is -2.36. The van der Waals surface area contributed by atoms with Crippen molar-refractivity contribution in [3.8, 4) is 12.1 Å². The molecule has 7 nitrogen and oxygen atoms in total. The van der Waals surface area contributed by atoms with E-state index in [9.17, 15) is 4.79 Å². The van der Waals surface area contributed by atoms with E-state index in [1.807, 2.05) is 49.1 Å². The molecule has 0 heterocycles. The van der Waals surface area contributed by atoms with E-state index >= 15 is 0 Å². The molecular weight excluding hydrogens is 320 g/mol. The summed E-state index contributed by atoms with van der Waals surface area (Å²) in [7, 11) is 0. The monoisotopic (exact) mass is 344 g/mol. The van der Waals surface area contributed by atoms with Gasteiger partial charge in [0, 0.05) is 18.3 Å². The molecule has 0 fully saturated rings. The lowest BCUT2D eigenvalue weighted by Crippen LogP contribution is -2.43. The minimum atomic E-state index is -0.349. The van der Waals surface area contributed by atoms with E-state index in [-0.39, 0.29) is 18.4 Å². The van der Waals surface area contributed by atoms with Gasteiger partial charge in [-0.3, -0.25) is 4.79 Å². The van der Waals surface area contributed by atoms with Crippen LogP contribution in [0.3, 0.4) is 0 Å². The normalized spacial score (nSPS) is 12.5. The van der Waals surface area contributed by atoms with Crippen LogP contribution in [0, 0.1) is 22.7 Å². The molecule has 0 saturated heterocycles. The summed E-state index contributed by atoms with van der Waals surface area (Å²) in [6, 6.07) is 11.4. The highest BCUT2D eigenvalue weighted by molar-refractivity contribution is 5.89. The quantitative estimate of drug-likeness (QED) is 0.517. The zero-order chi connectivity index (χ0) is 18.7. The van der Waals surface area contributed by atoms with Gasteiger partial charge in [-0.2, -0.15) is 10.5 Å². The summed E-state index contributed by atoms with van der Waals surface area (Å²) in [5, 5.41) is 20.1. The summed E-state index contributed by atoms with van der Waals surface area (Å²) in [6.07, 6.45) is -0.0993. The number of nitrogens with zero attached hydrogens (tertiary/aromatic N) is 3. The van der Waals surface area contributed by atoms with Crippen LogP contribution >= 0.6 is 0 Å².